The second kappa shape index (κ2) is 20.2. The normalized spacial score (nSPS) is 43.1. The van der Waals surface area contributed by atoms with Crippen LogP contribution in [0.2, 0.25) is 18.1 Å². The molecule has 13 rings (SSSR count). The third-order valence-electron chi connectivity index (χ3n) is 20.2. The minimum Gasteiger partial charge on any atom is -0.412 e. The Morgan fingerprint density at radius 1 is 0.733 bits per heavy atom. The van der Waals surface area contributed by atoms with Gasteiger partial charge in [0.1, 0.15) is 30.5 Å². The molecule has 21 atom stereocenters. The minimum atomic E-state index is -2.46. The second-order valence-electron chi connectivity index (χ2n) is 26.1. The molecule has 2 amide bonds. The van der Waals surface area contributed by atoms with E-state index in [1.807, 2.05) is 6.07 Å². The number of aliphatic hydroxyl groups excluding tert-OH is 1. The van der Waals surface area contributed by atoms with Crippen molar-refractivity contribution in [3.63, 3.8) is 0 Å². The summed E-state index contributed by atoms with van der Waals surface area (Å²) in [5, 5.41) is 13.0. The fourth-order valence-corrected chi connectivity index (χ4v) is 16.5. The average molecular weight is 1050 g/mol. The molecule has 8 unspecified atom stereocenters. The van der Waals surface area contributed by atoms with Gasteiger partial charge in [-0.15, -0.1) is 0 Å². The van der Waals surface area contributed by atoms with Gasteiger partial charge in [-0.25, -0.2) is 0 Å². The van der Waals surface area contributed by atoms with Crippen LogP contribution >= 0.6 is 0 Å². The van der Waals surface area contributed by atoms with Gasteiger partial charge in [0.05, 0.1) is 84.8 Å². The zero-order valence-electron chi connectivity index (χ0n) is 45.4. The Morgan fingerprint density at radius 2 is 1.40 bits per heavy atom. The highest BCUT2D eigenvalue weighted by Gasteiger charge is 2.69. The van der Waals surface area contributed by atoms with Gasteiger partial charge in [-0.1, -0.05) is 90.2 Å². The standard InChI is InChI=1S/C61H83NO12Si/c1-33-25-38-19-21-46-34(2)26-40(66-46)23-24-61-31-51-54(72-61)55-56(71-51)57(73-61)53-47(70-55)22-20-39(68-53)28-45(63)44(27-37-15-11-10-12-16-37)52-36(4)48(69-50(52)30-49(67-38)35(33)3)29-41(74-75(8,9)60(5,6)7)32-62-58(64)42-17-13-14-18-43(42)59(62)65/h10-18,33,36,38-41,44-57,63H,2-3,19-32H2,1,4-9H3/t33-,36?,38+,39?,40+,41+,44?,45?,46?,47+,48-,49-,50?,51+,52?,53+,54+,55+,56-,57+,61?/m1/s1. The molecule has 0 radical (unpaired) electrons. The third-order valence-corrected chi connectivity index (χ3v) is 24.7. The zero-order valence-corrected chi connectivity index (χ0v) is 46.4. The van der Waals surface area contributed by atoms with Crippen molar-refractivity contribution in [1.29, 1.82) is 0 Å². The van der Waals surface area contributed by atoms with Gasteiger partial charge in [0, 0.05) is 25.7 Å². The smallest absolute Gasteiger partial charge is 0.261 e. The van der Waals surface area contributed by atoms with E-state index < -0.39 is 26.3 Å². The minimum absolute atomic E-state index is 0.000000461. The molecule has 0 saturated carbocycles. The van der Waals surface area contributed by atoms with Gasteiger partial charge in [-0.3, -0.25) is 14.5 Å². The Hall–Kier alpha value is -3.12. The molecule has 14 heteroatoms. The number of ether oxygens (including phenoxy) is 8. The van der Waals surface area contributed by atoms with E-state index in [-0.39, 0.29) is 133 Å². The number of hydrogen-bond donors (Lipinski definition) is 1. The molecule has 408 valence electrons. The lowest BCUT2D eigenvalue weighted by atomic mass is 9.70. The predicted octanol–water partition coefficient (Wildman–Crippen LogP) is 9.69. The maximum Gasteiger partial charge on any atom is 0.261 e. The van der Waals surface area contributed by atoms with Crippen LogP contribution in [-0.2, 0) is 48.7 Å². The van der Waals surface area contributed by atoms with E-state index in [4.69, 9.17) is 48.9 Å². The summed E-state index contributed by atoms with van der Waals surface area (Å²) in [7, 11) is -2.46. The van der Waals surface area contributed by atoms with Crippen molar-refractivity contribution in [2.45, 2.75) is 240 Å². The van der Waals surface area contributed by atoms with Gasteiger partial charge in [-0.2, -0.15) is 0 Å². The second-order valence-corrected chi connectivity index (χ2v) is 30.8. The number of aliphatic hydroxyl groups is 1. The van der Waals surface area contributed by atoms with Crippen molar-refractivity contribution in [3.8, 4) is 0 Å². The molecule has 1 N–H and O–H groups in total. The zero-order chi connectivity index (χ0) is 52.3. The highest BCUT2D eigenvalue weighted by Crippen LogP contribution is 2.55. The first-order valence-electron chi connectivity index (χ1n) is 28.8. The maximum atomic E-state index is 14.0. The van der Waals surface area contributed by atoms with Crippen LogP contribution in [0, 0.1) is 23.7 Å². The summed E-state index contributed by atoms with van der Waals surface area (Å²) in [6.45, 7) is 25.0. The molecule has 1 spiro atoms. The number of imide groups is 1. The first-order valence-corrected chi connectivity index (χ1v) is 31.7. The third kappa shape index (κ3) is 9.84. The number of rotatable bonds is 8. The van der Waals surface area contributed by atoms with E-state index in [2.05, 4.69) is 78.6 Å². The number of hydrogen-bond acceptors (Lipinski definition) is 12. The van der Waals surface area contributed by atoms with Gasteiger partial charge in [0.15, 0.2) is 14.1 Å². The van der Waals surface area contributed by atoms with E-state index in [9.17, 15) is 14.7 Å². The molecule has 75 heavy (non-hydrogen) atoms. The van der Waals surface area contributed by atoms with Crippen molar-refractivity contribution in [3.05, 3.63) is 95.6 Å². The molecule has 10 saturated heterocycles. The van der Waals surface area contributed by atoms with Crippen LogP contribution in [-0.4, -0.2) is 140 Å². The van der Waals surface area contributed by atoms with E-state index in [1.54, 1.807) is 24.3 Å². The molecule has 2 aromatic carbocycles. The van der Waals surface area contributed by atoms with Crippen LogP contribution in [0.25, 0.3) is 0 Å². The summed E-state index contributed by atoms with van der Waals surface area (Å²) >= 11 is 0. The fourth-order valence-electron chi connectivity index (χ4n) is 15.1. The van der Waals surface area contributed by atoms with Gasteiger partial charge in [-0.05, 0) is 128 Å². The van der Waals surface area contributed by atoms with Crippen LogP contribution in [0.3, 0.4) is 0 Å². The number of benzene rings is 2. The average Bonchev–Trinajstić information content (AvgIpc) is 4.10. The number of nitrogens with zero attached hydrogens (tertiary/aromatic N) is 1. The van der Waals surface area contributed by atoms with E-state index >= 15 is 0 Å². The first kappa shape index (κ1) is 52.6. The molecular formula is C61H83NO12Si. The molecule has 11 heterocycles. The molecule has 13 nitrogen and oxygen atoms in total. The number of carbonyl (C=O) groups excluding carboxylic acids is 2. The lowest BCUT2D eigenvalue weighted by Gasteiger charge is -2.48. The van der Waals surface area contributed by atoms with Crippen LogP contribution in [0.1, 0.15) is 138 Å². The highest BCUT2D eigenvalue weighted by atomic mass is 28.4. The lowest BCUT2D eigenvalue weighted by Crippen LogP contribution is -2.62. The van der Waals surface area contributed by atoms with E-state index in [0.717, 1.165) is 61.7 Å². The van der Waals surface area contributed by atoms with Crippen LogP contribution in [0.4, 0.5) is 0 Å². The summed E-state index contributed by atoms with van der Waals surface area (Å²) in [6.07, 6.45) is 5.03. The van der Waals surface area contributed by atoms with Crippen molar-refractivity contribution >= 4 is 20.1 Å². The molecule has 11 aliphatic heterocycles. The summed E-state index contributed by atoms with van der Waals surface area (Å²) in [5.74, 6) is -1.58. The Morgan fingerprint density at radius 3 is 2.15 bits per heavy atom. The van der Waals surface area contributed by atoms with Crippen molar-refractivity contribution in [1.82, 2.24) is 4.90 Å². The van der Waals surface area contributed by atoms with Crippen LogP contribution in [0.5, 0.6) is 0 Å². The predicted molar refractivity (Wildman–Crippen MR) is 283 cm³/mol. The van der Waals surface area contributed by atoms with Crippen molar-refractivity contribution in [2.75, 3.05) is 6.54 Å². The van der Waals surface area contributed by atoms with Crippen molar-refractivity contribution < 1.29 is 57.0 Å². The largest absolute Gasteiger partial charge is 0.412 e. The summed E-state index contributed by atoms with van der Waals surface area (Å²) in [5.41, 5.74) is 4.21. The molecule has 10 fully saturated rings. The Bertz CT molecular complexity index is 2450. The number of amides is 2. The Balaban J connectivity index is 0.886. The van der Waals surface area contributed by atoms with Crippen molar-refractivity contribution in [2.24, 2.45) is 23.7 Å². The van der Waals surface area contributed by atoms with E-state index in [1.165, 1.54) is 4.90 Å². The quantitative estimate of drug-likeness (QED) is 0.153. The van der Waals surface area contributed by atoms with Gasteiger partial charge >= 0.3 is 0 Å². The Labute approximate surface area is 445 Å². The molecule has 0 aliphatic carbocycles. The fraction of sp³-hybridized carbons (Fsp3) is 0.705. The first-order chi connectivity index (χ1) is 35.8. The van der Waals surface area contributed by atoms with Crippen LogP contribution < -0.4 is 0 Å². The SMILES string of the molecule is C=C1C[C@@H]2CCC34C[C@@H]5O[C@@H]6[C@@H](O[C@H]7CCC(CC(O)C(Cc8ccccc8)C8C(C[C@H]9O[C@@H](CCC1O2)C[C@@H](C)C9=C)O[C@H](C[C@@H](CN1C(=O)c2ccccc2C1=O)O[Si](C)(C)C(C)(C)C)C8C)O[C@@H]7[C@@H]6O3)[C@H]5O4. The van der Waals surface area contributed by atoms with E-state index in [0.29, 0.717) is 49.7 Å². The monoisotopic (exact) mass is 1050 g/mol. The molecule has 2 aromatic rings. The highest BCUT2D eigenvalue weighted by molar-refractivity contribution is 6.74. The number of fused-ring (bicyclic) bond motifs is 7. The van der Waals surface area contributed by atoms with Crippen LogP contribution in [0.15, 0.2) is 78.9 Å². The summed E-state index contributed by atoms with van der Waals surface area (Å²) < 4.78 is 63.8. The molecule has 12 bridgehead atoms. The summed E-state index contributed by atoms with van der Waals surface area (Å²) in [4.78, 5) is 29.4. The Kier molecular flexibility index (Phi) is 14.2. The van der Waals surface area contributed by atoms with Gasteiger partial charge in [0.2, 0.25) is 0 Å². The molecule has 0 aromatic heterocycles. The molecule has 11 aliphatic rings. The van der Waals surface area contributed by atoms with Gasteiger partial charge in [0.25, 0.3) is 11.8 Å². The molecular weight excluding hydrogens is 967 g/mol. The topological polar surface area (TPSA) is 141 Å². The van der Waals surface area contributed by atoms with Gasteiger partial charge < -0.3 is 47.4 Å². The maximum absolute atomic E-state index is 14.0. The lowest BCUT2D eigenvalue weighted by molar-refractivity contribution is -0.294. The summed E-state index contributed by atoms with van der Waals surface area (Å²) in [6, 6.07) is 17.6. The number of carbonyl (C=O) groups is 2.